The second-order valence-electron chi connectivity index (χ2n) is 11.4. The lowest BCUT2D eigenvalue weighted by atomic mass is 9.62. The number of carboxylic acids is 1. The molecule has 5 heteroatoms. The number of aldehydes is 2. The zero-order valence-corrected chi connectivity index (χ0v) is 20.9. The van der Waals surface area contributed by atoms with Crippen LogP contribution in [0.4, 0.5) is 0 Å². The quantitative estimate of drug-likeness (QED) is 0.396. The van der Waals surface area contributed by atoms with Crippen molar-refractivity contribution in [3.8, 4) is 0 Å². The molecule has 0 radical (unpaired) electrons. The standard InChI is InChI=1S/C28H40O5/c1-16(2)17(3)7-8-18(4)21-9-10-22(28(21,6)26(32)33)25-20(14-29)23-13-19(31)11-12-27(23,5)24(25)15-30/h7-8,10,14-19,21,24-25,31H,9,11-13H2,1-6H3,(H,32,33)/b8-7+/t17-,18+,19-,21+,24+,25+,27-,28+/m0/s1. The van der Waals surface area contributed by atoms with Crippen LogP contribution < -0.4 is 0 Å². The van der Waals surface area contributed by atoms with Crippen molar-refractivity contribution in [3.05, 3.63) is 34.9 Å². The fraction of sp³-hybridized carbons (Fsp3) is 0.679. The Bertz CT molecular complexity index is 896. The Morgan fingerprint density at radius 3 is 2.36 bits per heavy atom. The van der Waals surface area contributed by atoms with E-state index >= 15 is 0 Å². The molecule has 0 unspecified atom stereocenters. The summed E-state index contributed by atoms with van der Waals surface area (Å²) in [6, 6.07) is 0. The number of allylic oxidation sites excluding steroid dienone is 4. The minimum Gasteiger partial charge on any atom is -0.481 e. The maximum Gasteiger partial charge on any atom is 0.313 e. The van der Waals surface area contributed by atoms with Crippen LogP contribution in [0.2, 0.25) is 0 Å². The van der Waals surface area contributed by atoms with Gasteiger partial charge in [-0.2, -0.15) is 0 Å². The molecule has 0 aromatic rings. The van der Waals surface area contributed by atoms with Gasteiger partial charge in [0.1, 0.15) is 12.6 Å². The van der Waals surface area contributed by atoms with E-state index in [2.05, 4.69) is 39.8 Å². The first-order valence-corrected chi connectivity index (χ1v) is 12.4. The highest BCUT2D eigenvalue weighted by atomic mass is 16.4. The molecule has 3 aliphatic carbocycles. The number of aliphatic hydroxyl groups excluding tert-OH is 1. The zero-order valence-electron chi connectivity index (χ0n) is 20.9. The molecule has 0 bridgehead atoms. The Labute approximate surface area is 198 Å². The molecule has 3 rings (SSSR count). The fourth-order valence-electron chi connectivity index (χ4n) is 6.58. The molecular weight excluding hydrogens is 416 g/mol. The van der Waals surface area contributed by atoms with Gasteiger partial charge in [-0.15, -0.1) is 0 Å². The predicted octanol–water partition coefficient (Wildman–Crippen LogP) is 5.00. The van der Waals surface area contributed by atoms with E-state index in [9.17, 15) is 24.6 Å². The third-order valence-electron chi connectivity index (χ3n) is 9.29. The Morgan fingerprint density at radius 1 is 1.15 bits per heavy atom. The molecule has 1 fully saturated rings. The van der Waals surface area contributed by atoms with Crippen LogP contribution in [0.25, 0.3) is 0 Å². The predicted molar refractivity (Wildman–Crippen MR) is 128 cm³/mol. The van der Waals surface area contributed by atoms with E-state index in [1.165, 1.54) is 0 Å². The van der Waals surface area contributed by atoms with Crippen molar-refractivity contribution in [1.82, 2.24) is 0 Å². The van der Waals surface area contributed by atoms with Gasteiger partial charge in [-0.25, -0.2) is 0 Å². The van der Waals surface area contributed by atoms with E-state index in [1.807, 2.05) is 13.0 Å². The lowest BCUT2D eigenvalue weighted by Crippen LogP contribution is -2.42. The Kier molecular flexibility index (Phi) is 7.24. The Hall–Kier alpha value is -2.01. The summed E-state index contributed by atoms with van der Waals surface area (Å²) in [5, 5.41) is 20.8. The van der Waals surface area contributed by atoms with Crippen molar-refractivity contribution in [3.63, 3.8) is 0 Å². The minimum absolute atomic E-state index is 0.0316. The normalized spacial score (nSPS) is 38.4. The van der Waals surface area contributed by atoms with E-state index in [0.717, 1.165) is 18.1 Å². The van der Waals surface area contributed by atoms with Gasteiger partial charge in [-0.1, -0.05) is 58.4 Å². The van der Waals surface area contributed by atoms with E-state index in [-0.39, 0.29) is 11.8 Å². The highest BCUT2D eigenvalue weighted by molar-refractivity contribution is 5.86. The molecule has 2 N–H and O–H groups in total. The van der Waals surface area contributed by atoms with Crippen LogP contribution in [0.15, 0.2) is 34.9 Å². The summed E-state index contributed by atoms with van der Waals surface area (Å²) in [5.74, 6) is -1.17. The van der Waals surface area contributed by atoms with Crippen molar-refractivity contribution in [2.24, 2.45) is 46.3 Å². The molecule has 0 aromatic carbocycles. The molecule has 5 nitrogen and oxygen atoms in total. The molecule has 0 aromatic heterocycles. The van der Waals surface area contributed by atoms with Crippen LogP contribution in [0.1, 0.15) is 67.2 Å². The third kappa shape index (κ3) is 4.07. The van der Waals surface area contributed by atoms with Gasteiger partial charge in [0, 0.05) is 11.8 Å². The number of aliphatic carboxylic acids is 1. The third-order valence-corrected chi connectivity index (χ3v) is 9.29. The molecule has 1 saturated carbocycles. The molecule has 182 valence electrons. The number of fused-ring (bicyclic) bond motifs is 1. The van der Waals surface area contributed by atoms with E-state index in [1.54, 1.807) is 6.92 Å². The van der Waals surface area contributed by atoms with Crippen molar-refractivity contribution in [2.45, 2.75) is 73.3 Å². The SMILES string of the molecule is CC(C)[C@@H](C)/C=C/[C@@H](C)[C@H]1CC=C([C@H]2C(C=O)=C3C[C@@H](O)CC[C@]3(C)[C@@H]2C=O)[C@]1(C)C(=O)O. The number of rotatable bonds is 8. The van der Waals surface area contributed by atoms with Gasteiger partial charge in [-0.05, 0) is 72.8 Å². The summed E-state index contributed by atoms with van der Waals surface area (Å²) in [6.07, 6.45) is 9.67. The summed E-state index contributed by atoms with van der Waals surface area (Å²) in [5.41, 5.74) is 0.361. The number of carboxylic acid groups (broad SMARTS) is 1. The molecule has 0 spiro atoms. The highest BCUT2D eigenvalue weighted by Crippen LogP contribution is 2.62. The molecule has 8 atom stereocenters. The molecule has 33 heavy (non-hydrogen) atoms. The highest BCUT2D eigenvalue weighted by Gasteiger charge is 2.59. The van der Waals surface area contributed by atoms with Crippen LogP contribution in [-0.2, 0) is 14.4 Å². The summed E-state index contributed by atoms with van der Waals surface area (Å²) in [6.45, 7) is 12.3. The number of carbonyl (C=O) groups is 3. The largest absolute Gasteiger partial charge is 0.481 e. The fourth-order valence-corrected chi connectivity index (χ4v) is 6.58. The average molecular weight is 457 g/mol. The molecule has 0 heterocycles. The summed E-state index contributed by atoms with van der Waals surface area (Å²) in [7, 11) is 0. The second-order valence-corrected chi connectivity index (χ2v) is 11.4. The zero-order chi connectivity index (χ0) is 24.7. The van der Waals surface area contributed by atoms with Gasteiger partial charge in [0.05, 0.1) is 11.5 Å². The van der Waals surface area contributed by atoms with Crippen molar-refractivity contribution in [1.29, 1.82) is 0 Å². The number of hydrogen-bond acceptors (Lipinski definition) is 4. The topological polar surface area (TPSA) is 91.7 Å². The van der Waals surface area contributed by atoms with Crippen LogP contribution in [0.5, 0.6) is 0 Å². The van der Waals surface area contributed by atoms with Crippen LogP contribution in [0, 0.1) is 46.3 Å². The monoisotopic (exact) mass is 456 g/mol. The second kappa shape index (κ2) is 9.32. The number of hydrogen-bond donors (Lipinski definition) is 2. The smallest absolute Gasteiger partial charge is 0.313 e. The first-order valence-electron chi connectivity index (χ1n) is 12.4. The van der Waals surface area contributed by atoms with Crippen LogP contribution >= 0.6 is 0 Å². The maximum absolute atomic E-state index is 12.8. The summed E-state index contributed by atoms with van der Waals surface area (Å²) < 4.78 is 0. The Balaban J connectivity index is 2.04. The van der Waals surface area contributed by atoms with Gasteiger partial charge in [-0.3, -0.25) is 9.59 Å². The summed E-state index contributed by atoms with van der Waals surface area (Å²) in [4.78, 5) is 37.6. The van der Waals surface area contributed by atoms with Gasteiger partial charge < -0.3 is 15.0 Å². The van der Waals surface area contributed by atoms with Crippen molar-refractivity contribution < 1.29 is 24.6 Å². The van der Waals surface area contributed by atoms with Crippen molar-refractivity contribution in [2.75, 3.05) is 0 Å². The average Bonchev–Trinajstić information content (AvgIpc) is 3.23. The van der Waals surface area contributed by atoms with E-state index < -0.39 is 34.7 Å². The Morgan fingerprint density at radius 2 is 1.82 bits per heavy atom. The molecule has 3 aliphatic rings. The van der Waals surface area contributed by atoms with E-state index in [0.29, 0.717) is 48.7 Å². The van der Waals surface area contributed by atoms with Gasteiger partial charge in [0.15, 0.2) is 0 Å². The number of aliphatic hydroxyl groups is 1. The lowest BCUT2D eigenvalue weighted by Gasteiger charge is -2.41. The minimum atomic E-state index is -1.17. The first kappa shape index (κ1) is 25.6. The lowest BCUT2D eigenvalue weighted by molar-refractivity contribution is -0.149. The summed E-state index contributed by atoms with van der Waals surface area (Å²) >= 11 is 0. The molecule has 0 aliphatic heterocycles. The first-order chi connectivity index (χ1) is 15.4. The van der Waals surface area contributed by atoms with Gasteiger partial charge >= 0.3 is 5.97 Å². The van der Waals surface area contributed by atoms with Crippen LogP contribution in [-0.4, -0.2) is 34.9 Å². The molecular formula is C28H40O5. The molecule has 0 saturated heterocycles. The number of carbonyl (C=O) groups excluding carboxylic acids is 2. The molecule has 0 amide bonds. The van der Waals surface area contributed by atoms with Gasteiger partial charge in [0.2, 0.25) is 0 Å². The van der Waals surface area contributed by atoms with Crippen molar-refractivity contribution >= 4 is 18.5 Å². The van der Waals surface area contributed by atoms with Crippen LogP contribution in [0.3, 0.4) is 0 Å². The van der Waals surface area contributed by atoms with E-state index in [4.69, 9.17) is 0 Å². The van der Waals surface area contributed by atoms with Gasteiger partial charge in [0.25, 0.3) is 0 Å². The maximum atomic E-state index is 12.8.